The molecule has 1 aromatic rings. The van der Waals surface area contributed by atoms with Crippen LogP contribution in [0.5, 0.6) is 11.5 Å². The van der Waals surface area contributed by atoms with Crippen LogP contribution >= 0.6 is 0 Å². The summed E-state index contributed by atoms with van der Waals surface area (Å²) in [6, 6.07) is 4.95. The number of ether oxygens (including phenoxy) is 2. The highest BCUT2D eigenvalue weighted by Gasteiger charge is 2.12. The molecule has 1 rings (SSSR count). The highest BCUT2D eigenvalue weighted by atomic mass is 16.5. The number of carbonyl (C=O) groups is 2. The molecule has 0 unspecified atom stereocenters. The molecule has 0 aromatic heterocycles. The number of rotatable bonds is 6. The van der Waals surface area contributed by atoms with Crippen LogP contribution in [0.1, 0.15) is 31.1 Å². The monoisotopic (exact) mass is 265 g/mol. The summed E-state index contributed by atoms with van der Waals surface area (Å²) in [6.07, 6.45) is 0. The Hall–Kier alpha value is -2.04. The molecule has 0 saturated carbocycles. The van der Waals surface area contributed by atoms with E-state index < -0.39 is 0 Å². The first-order valence-corrected chi connectivity index (χ1v) is 6.05. The van der Waals surface area contributed by atoms with Gasteiger partial charge in [0.05, 0.1) is 12.7 Å². The predicted molar refractivity (Wildman–Crippen MR) is 71.8 cm³/mol. The molecule has 104 valence electrons. The van der Waals surface area contributed by atoms with Crippen LogP contribution in [0.15, 0.2) is 18.2 Å². The topological polar surface area (TPSA) is 64.6 Å². The number of nitrogens with one attached hydrogen (secondary N) is 1. The summed E-state index contributed by atoms with van der Waals surface area (Å²) in [5.41, 5.74) is 0.429. The number of hydrogen-bond donors (Lipinski definition) is 1. The van der Waals surface area contributed by atoms with Gasteiger partial charge in [0.15, 0.2) is 12.4 Å². The maximum absolute atomic E-state index is 11.5. The van der Waals surface area contributed by atoms with Crippen molar-refractivity contribution in [2.45, 2.75) is 26.8 Å². The SMILES string of the molecule is COc1ccc(C(C)=O)c(OCC(=O)NC(C)C)c1. The molecule has 5 nitrogen and oxygen atoms in total. The number of benzene rings is 1. The van der Waals surface area contributed by atoms with Gasteiger partial charge in [0.1, 0.15) is 11.5 Å². The van der Waals surface area contributed by atoms with Crippen molar-refractivity contribution in [3.05, 3.63) is 23.8 Å². The van der Waals surface area contributed by atoms with Crippen molar-refractivity contribution in [3.63, 3.8) is 0 Å². The van der Waals surface area contributed by atoms with Crippen molar-refractivity contribution in [1.29, 1.82) is 0 Å². The van der Waals surface area contributed by atoms with Crippen molar-refractivity contribution < 1.29 is 19.1 Å². The molecule has 1 N–H and O–H groups in total. The summed E-state index contributed by atoms with van der Waals surface area (Å²) in [4.78, 5) is 23.0. The second kappa shape index (κ2) is 6.78. The van der Waals surface area contributed by atoms with E-state index in [4.69, 9.17) is 9.47 Å². The third-order valence-corrected chi connectivity index (χ3v) is 2.38. The molecule has 1 amide bonds. The van der Waals surface area contributed by atoms with Gasteiger partial charge in [-0.3, -0.25) is 9.59 Å². The smallest absolute Gasteiger partial charge is 0.258 e. The first-order chi connectivity index (χ1) is 8.93. The van der Waals surface area contributed by atoms with Crippen molar-refractivity contribution in [2.24, 2.45) is 0 Å². The fraction of sp³-hybridized carbons (Fsp3) is 0.429. The zero-order valence-electron chi connectivity index (χ0n) is 11.6. The second-order valence-electron chi connectivity index (χ2n) is 4.43. The van der Waals surface area contributed by atoms with Gasteiger partial charge in [0.25, 0.3) is 5.91 Å². The minimum absolute atomic E-state index is 0.0497. The van der Waals surface area contributed by atoms with E-state index in [1.165, 1.54) is 14.0 Å². The number of hydrogen-bond acceptors (Lipinski definition) is 4. The molecule has 19 heavy (non-hydrogen) atoms. The Balaban J connectivity index is 2.80. The average molecular weight is 265 g/mol. The molecular formula is C14H19NO4. The van der Waals surface area contributed by atoms with E-state index in [2.05, 4.69) is 5.32 Å². The molecule has 0 aliphatic heterocycles. The highest BCUT2D eigenvalue weighted by Crippen LogP contribution is 2.25. The minimum Gasteiger partial charge on any atom is -0.497 e. The van der Waals surface area contributed by atoms with Gasteiger partial charge in [-0.05, 0) is 32.9 Å². The van der Waals surface area contributed by atoms with Gasteiger partial charge in [-0.25, -0.2) is 0 Å². The summed E-state index contributed by atoms with van der Waals surface area (Å²) in [7, 11) is 1.53. The van der Waals surface area contributed by atoms with E-state index in [9.17, 15) is 9.59 Å². The third kappa shape index (κ3) is 4.62. The molecule has 0 saturated heterocycles. The predicted octanol–water partition coefficient (Wildman–Crippen LogP) is 1.80. The standard InChI is InChI=1S/C14H19NO4/c1-9(2)15-14(17)8-19-13-7-11(18-4)5-6-12(13)10(3)16/h5-7,9H,8H2,1-4H3,(H,15,17). The van der Waals surface area contributed by atoms with Crippen LogP contribution in [-0.4, -0.2) is 31.4 Å². The number of Topliss-reactive ketones (excluding diaryl/α,β-unsaturated/α-hetero) is 1. The summed E-state index contributed by atoms with van der Waals surface area (Å²) in [5.74, 6) is 0.573. The Kier molecular flexibility index (Phi) is 5.36. The zero-order chi connectivity index (χ0) is 14.4. The Morgan fingerprint density at radius 3 is 2.53 bits per heavy atom. The molecule has 0 fully saturated rings. The maximum atomic E-state index is 11.5. The molecule has 0 heterocycles. The Morgan fingerprint density at radius 2 is 2.00 bits per heavy atom. The molecule has 0 aliphatic rings. The minimum atomic E-state index is -0.229. The van der Waals surface area contributed by atoms with E-state index in [0.29, 0.717) is 17.1 Å². The Labute approximate surface area is 112 Å². The normalized spacial score (nSPS) is 10.2. The number of ketones is 1. The average Bonchev–Trinajstić information content (AvgIpc) is 2.34. The molecule has 0 radical (unpaired) electrons. The van der Waals surface area contributed by atoms with Crippen LogP contribution in [0.2, 0.25) is 0 Å². The van der Waals surface area contributed by atoms with Gasteiger partial charge >= 0.3 is 0 Å². The van der Waals surface area contributed by atoms with Gasteiger partial charge < -0.3 is 14.8 Å². The number of carbonyl (C=O) groups excluding carboxylic acids is 2. The fourth-order valence-electron chi connectivity index (χ4n) is 1.55. The largest absolute Gasteiger partial charge is 0.497 e. The molecule has 0 spiro atoms. The zero-order valence-corrected chi connectivity index (χ0v) is 11.6. The van der Waals surface area contributed by atoms with Crippen LogP contribution in [0.3, 0.4) is 0 Å². The van der Waals surface area contributed by atoms with Gasteiger partial charge in [-0.15, -0.1) is 0 Å². The lowest BCUT2D eigenvalue weighted by molar-refractivity contribution is -0.123. The van der Waals surface area contributed by atoms with Crippen LogP contribution in [0.4, 0.5) is 0 Å². The second-order valence-corrected chi connectivity index (χ2v) is 4.43. The summed E-state index contributed by atoms with van der Waals surface area (Å²) >= 11 is 0. The first kappa shape index (κ1) is 15.0. The maximum Gasteiger partial charge on any atom is 0.258 e. The molecule has 0 bridgehead atoms. The van der Waals surface area contributed by atoms with Crippen molar-refractivity contribution in [2.75, 3.05) is 13.7 Å². The Morgan fingerprint density at radius 1 is 1.32 bits per heavy atom. The van der Waals surface area contributed by atoms with E-state index in [0.717, 1.165) is 0 Å². The summed E-state index contributed by atoms with van der Waals surface area (Å²) < 4.78 is 10.5. The molecule has 0 atom stereocenters. The van der Waals surface area contributed by atoms with Crippen LogP contribution in [-0.2, 0) is 4.79 Å². The number of amides is 1. The van der Waals surface area contributed by atoms with Gasteiger partial charge in [0.2, 0.25) is 0 Å². The lowest BCUT2D eigenvalue weighted by Crippen LogP contribution is -2.34. The van der Waals surface area contributed by atoms with Crippen LogP contribution in [0.25, 0.3) is 0 Å². The number of methoxy groups -OCH3 is 1. The fourth-order valence-corrected chi connectivity index (χ4v) is 1.55. The van der Waals surface area contributed by atoms with Gasteiger partial charge in [-0.1, -0.05) is 0 Å². The summed E-state index contributed by atoms with van der Waals surface area (Å²) in [6.45, 7) is 5.05. The Bertz CT molecular complexity index is 469. The highest BCUT2D eigenvalue weighted by molar-refractivity contribution is 5.97. The molecule has 5 heteroatoms. The van der Waals surface area contributed by atoms with E-state index in [1.54, 1.807) is 18.2 Å². The van der Waals surface area contributed by atoms with Crippen LogP contribution in [0, 0.1) is 0 Å². The lowest BCUT2D eigenvalue weighted by atomic mass is 10.1. The quantitative estimate of drug-likeness (QED) is 0.797. The van der Waals surface area contributed by atoms with Crippen molar-refractivity contribution >= 4 is 11.7 Å². The van der Waals surface area contributed by atoms with Gasteiger partial charge in [0, 0.05) is 12.1 Å². The third-order valence-electron chi connectivity index (χ3n) is 2.38. The lowest BCUT2D eigenvalue weighted by Gasteiger charge is -2.12. The van der Waals surface area contributed by atoms with E-state index in [1.807, 2.05) is 13.8 Å². The van der Waals surface area contributed by atoms with E-state index >= 15 is 0 Å². The van der Waals surface area contributed by atoms with Crippen LogP contribution < -0.4 is 14.8 Å². The summed E-state index contributed by atoms with van der Waals surface area (Å²) in [5, 5.41) is 2.71. The van der Waals surface area contributed by atoms with Gasteiger partial charge in [-0.2, -0.15) is 0 Å². The molecule has 1 aromatic carbocycles. The van der Waals surface area contributed by atoms with Crippen molar-refractivity contribution in [3.8, 4) is 11.5 Å². The molecule has 0 aliphatic carbocycles. The van der Waals surface area contributed by atoms with Crippen molar-refractivity contribution in [1.82, 2.24) is 5.32 Å². The van der Waals surface area contributed by atoms with E-state index in [-0.39, 0.29) is 24.3 Å². The first-order valence-electron chi connectivity index (χ1n) is 6.05. The molecular weight excluding hydrogens is 246 g/mol.